The Balaban J connectivity index is 2.61. The van der Waals surface area contributed by atoms with Gasteiger partial charge in [0.15, 0.2) is 15.6 Å². The second kappa shape index (κ2) is 8.75. The first-order valence-corrected chi connectivity index (χ1v) is 10.0. The van der Waals surface area contributed by atoms with Gasteiger partial charge in [0.2, 0.25) is 5.78 Å². The summed E-state index contributed by atoms with van der Waals surface area (Å²) in [6.45, 7) is 2.73. The van der Waals surface area contributed by atoms with E-state index in [1.807, 2.05) is 0 Å². The number of allylic oxidation sites excluding steroid dienone is 2. The highest BCUT2D eigenvalue weighted by atomic mass is 32.2. The molecule has 1 aliphatic rings. The van der Waals surface area contributed by atoms with E-state index in [0.717, 1.165) is 0 Å². The number of ketones is 2. The van der Waals surface area contributed by atoms with Gasteiger partial charge in [0.25, 0.3) is 0 Å². The predicted octanol–water partition coefficient (Wildman–Crippen LogP) is 1.06. The zero-order valence-electron chi connectivity index (χ0n) is 15.3. The maximum atomic E-state index is 12.9. The van der Waals surface area contributed by atoms with Crippen LogP contribution in [0.2, 0.25) is 0 Å². The van der Waals surface area contributed by atoms with Gasteiger partial charge >= 0.3 is 11.9 Å². The molecule has 0 amide bonds. The van der Waals surface area contributed by atoms with E-state index in [-0.39, 0.29) is 13.2 Å². The smallest absolute Gasteiger partial charge is 0.343 e. The average molecular weight is 406 g/mol. The van der Waals surface area contributed by atoms with Crippen LogP contribution in [0.4, 0.5) is 0 Å². The van der Waals surface area contributed by atoms with Gasteiger partial charge in [0.05, 0.1) is 19.0 Å². The first-order chi connectivity index (χ1) is 13.2. The van der Waals surface area contributed by atoms with Crippen LogP contribution in [0.15, 0.2) is 52.5 Å². The van der Waals surface area contributed by atoms with Crippen LogP contribution in [0.3, 0.4) is 0 Å². The fourth-order valence-corrected chi connectivity index (χ4v) is 4.20. The predicted molar refractivity (Wildman–Crippen MR) is 97.5 cm³/mol. The van der Waals surface area contributed by atoms with E-state index in [0.29, 0.717) is 11.6 Å². The lowest BCUT2D eigenvalue weighted by Crippen LogP contribution is -2.32. The van der Waals surface area contributed by atoms with Crippen molar-refractivity contribution in [1.82, 2.24) is 0 Å². The number of carbonyl (C=O) groups is 4. The van der Waals surface area contributed by atoms with Gasteiger partial charge in [0, 0.05) is 6.08 Å². The molecule has 0 heterocycles. The fourth-order valence-electron chi connectivity index (χ4n) is 2.54. The van der Waals surface area contributed by atoms with Crippen LogP contribution in [0, 0.1) is 0 Å². The molecule has 0 fully saturated rings. The average Bonchev–Trinajstić information content (AvgIpc) is 2.63. The number of hydrogen-bond acceptors (Lipinski definition) is 8. The van der Waals surface area contributed by atoms with E-state index in [4.69, 9.17) is 9.47 Å². The molecule has 0 N–H and O–H groups in total. The van der Waals surface area contributed by atoms with Crippen molar-refractivity contribution in [2.45, 2.75) is 19.6 Å². The molecule has 28 heavy (non-hydrogen) atoms. The van der Waals surface area contributed by atoms with Gasteiger partial charge in [-0.2, -0.15) is 0 Å². The normalized spacial score (nSPS) is 14.6. The Labute approximate surface area is 161 Å². The number of ether oxygens (including phenoxy) is 2. The van der Waals surface area contributed by atoms with Gasteiger partial charge in [-0.1, -0.05) is 30.3 Å². The second-order valence-corrected chi connectivity index (χ2v) is 7.57. The molecule has 8 nitrogen and oxygen atoms in total. The molecule has 0 aromatic heterocycles. The van der Waals surface area contributed by atoms with Crippen molar-refractivity contribution in [2.24, 2.45) is 0 Å². The molecule has 9 heteroatoms. The molecular formula is C19H18O8S. The lowest BCUT2D eigenvalue weighted by atomic mass is 9.96. The Morgan fingerprint density at radius 1 is 0.929 bits per heavy atom. The van der Waals surface area contributed by atoms with Gasteiger partial charge in [-0.25, -0.2) is 18.0 Å². The molecule has 1 aliphatic carbocycles. The van der Waals surface area contributed by atoms with Crippen molar-refractivity contribution in [3.8, 4) is 0 Å². The highest BCUT2D eigenvalue weighted by Crippen LogP contribution is 2.28. The molecule has 0 atom stereocenters. The third-order valence-electron chi connectivity index (χ3n) is 3.69. The molecule has 0 aliphatic heterocycles. The van der Waals surface area contributed by atoms with Crippen LogP contribution in [0.1, 0.15) is 19.4 Å². The molecule has 148 valence electrons. The van der Waals surface area contributed by atoms with E-state index in [1.54, 1.807) is 18.2 Å². The minimum absolute atomic E-state index is 0.0851. The molecule has 0 bridgehead atoms. The Hall–Kier alpha value is -3.07. The van der Waals surface area contributed by atoms with Crippen LogP contribution >= 0.6 is 0 Å². The minimum atomic E-state index is -4.45. The van der Waals surface area contributed by atoms with E-state index in [1.165, 1.54) is 26.0 Å². The van der Waals surface area contributed by atoms with E-state index >= 15 is 0 Å². The quantitative estimate of drug-likeness (QED) is 0.374. The second-order valence-electron chi connectivity index (χ2n) is 5.64. The molecule has 0 radical (unpaired) electrons. The van der Waals surface area contributed by atoms with E-state index < -0.39 is 55.1 Å². The summed E-state index contributed by atoms with van der Waals surface area (Å²) in [5.41, 5.74) is -1.31. The first kappa shape index (κ1) is 21.2. The van der Waals surface area contributed by atoms with Gasteiger partial charge in [0.1, 0.15) is 16.1 Å². The van der Waals surface area contributed by atoms with Crippen molar-refractivity contribution in [2.75, 3.05) is 13.2 Å². The maximum absolute atomic E-state index is 12.9. The maximum Gasteiger partial charge on any atom is 0.343 e. The highest BCUT2D eigenvalue weighted by molar-refractivity contribution is 7.95. The van der Waals surface area contributed by atoms with Gasteiger partial charge in [-0.05, 0) is 19.4 Å². The van der Waals surface area contributed by atoms with Gasteiger partial charge in [-0.15, -0.1) is 0 Å². The summed E-state index contributed by atoms with van der Waals surface area (Å²) in [6.07, 6.45) is 0.605. The lowest BCUT2D eigenvalue weighted by molar-refractivity contribution is -0.142. The topological polar surface area (TPSA) is 121 Å². The highest BCUT2D eigenvalue weighted by Gasteiger charge is 2.42. The summed E-state index contributed by atoms with van der Waals surface area (Å²) in [5.74, 6) is -5.39. The van der Waals surface area contributed by atoms with Crippen LogP contribution in [-0.4, -0.2) is 45.1 Å². The monoisotopic (exact) mass is 406 g/mol. The summed E-state index contributed by atoms with van der Waals surface area (Å²) in [4.78, 5) is 48.3. The van der Waals surface area contributed by atoms with Gasteiger partial charge in [-0.3, -0.25) is 9.59 Å². The number of benzene rings is 1. The van der Waals surface area contributed by atoms with Crippen molar-refractivity contribution in [1.29, 1.82) is 0 Å². The summed E-state index contributed by atoms with van der Waals surface area (Å²) in [5, 5.41) is 0. The van der Waals surface area contributed by atoms with Crippen LogP contribution in [0.5, 0.6) is 0 Å². The summed E-state index contributed by atoms with van der Waals surface area (Å²) in [7, 11) is -4.45. The Morgan fingerprint density at radius 2 is 1.50 bits per heavy atom. The van der Waals surface area contributed by atoms with Crippen molar-refractivity contribution < 1.29 is 37.1 Å². The van der Waals surface area contributed by atoms with Crippen molar-refractivity contribution >= 4 is 33.3 Å². The van der Waals surface area contributed by atoms with Gasteiger partial charge < -0.3 is 9.47 Å². The fraction of sp³-hybridized carbons (Fsp3) is 0.263. The molecule has 1 aromatic carbocycles. The molecule has 0 saturated carbocycles. The van der Waals surface area contributed by atoms with Crippen molar-refractivity contribution in [3.05, 3.63) is 58.0 Å². The zero-order chi connectivity index (χ0) is 20.9. The van der Waals surface area contributed by atoms with E-state index in [9.17, 15) is 27.6 Å². The number of carbonyl (C=O) groups excluding carboxylic acids is 4. The number of sulfone groups is 1. The number of esters is 2. The summed E-state index contributed by atoms with van der Waals surface area (Å²) < 4.78 is 35.3. The van der Waals surface area contributed by atoms with Crippen LogP contribution in [-0.2, 0) is 44.2 Å². The van der Waals surface area contributed by atoms with Crippen LogP contribution < -0.4 is 0 Å². The van der Waals surface area contributed by atoms with Crippen molar-refractivity contribution in [3.63, 3.8) is 0 Å². The standard InChI is InChI=1S/C19H18O8S/c1-3-26-18(22)13-10-14(20)15(19(23)27-4-2)17(16(13)21)28(24,25)11-12-8-6-5-7-9-12/h5-10H,3-4,11H2,1-2H3. The SMILES string of the molecule is CCOC(=O)C1=CC(=O)C(C(=O)OCC)=C(S(=O)(=O)Cc2ccccc2)C1=O. The summed E-state index contributed by atoms with van der Waals surface area (Å²) >= 11 is 0. The lowest BCUT2D eigenvalue weighted by Gasteiger charge is -2.17. The third-order valence-corrected chi connectivity index (χ3v) is 5.41. The molecule has 0 spiro atoms. The first-order valence-electron chi connectivity index (χ1n) is 8.38. The minimum Gasteiger partial charge on any atom is -0.462 e. The number of rotatable bonds is 7. The summed E-state index contributed by atoms with van der Waals surface area (Å²) in [6, 6.07) is 7.90. The molecule has 2 rings (SSSR count). The molecular weight excluding hydrogens is 388 g/mol. The number of hydrogen-bond donors (Lipinski definition) is 0. The Morgan fingerprint density at radius 3 is 2.07 bits per heavy atom. The zero-order valence-corrected chi connectivity index (χ0v) is 16.1. The Kier molecular flexibility index (Phi) is 6.63. The molecule has 1 aromatic rings. The number of Topliss-reactive ketones (excluding diaryl/α,β-unsaturated/α-hetero) is 1. The van der Waals surface area contributed by atoms with E-state index in [2.05, 4.69) is 0 Å². The largest absolute Gasteiger partial charge is 0.462 e. The Bertz CT molecular complexity index is 984. The third kappa shape index (κ3) is 4.42. The van der Waals surface area contributed by atoms with Crippen LogP contribution in [0.25, 0.3) is 0 Å². The molecule has 0 unspecified atom stereocenters. The molecule has 0 saturated heterocycles.